The zero-order valence-electron chi connectivity index (χ0n) is 13.4. The summed E-state index contributed by atoms with van der Waals surface area (Å²) in [6.45, 7) is 0.438. The molecule has 122 valence electrons. The number of nitrogens with one attached hydrogen (secondary N) is 1. The molecule has 24 heavy (non-hydrogen) atoms. The van der Waals surface area contributed by atoms with Gasteiger partial charge < -0.3 is 5.32 Å². The number of carbonyl (C=O) groups excluding carboxylic acids is 1. The molecule has 0 spiro atoms. The summed E-state index contributed by atoms with van der Waals surface area (Å²) in [5, 5.41) is 19.7. The minimum Gasteiger partial charge on any atom is -0.308 e. The van der Waals surface area contributed by atoms with Gasteiger partial charge in [0.1, 0.15) is 6.07 Å². The molecule has 0 aliphatic rings. The van der Waals surface area contributed by atoms with Crippen LogP contribution >= 0.6 is 0 Å². The van der Waals surface area contributed by atoms with Crippen LogP contribution in [0.5, 0.6) is 0 Å². The van der Waals surface area contributed by atoms with Crippen molar-refractivity contribution in [2.24, 2.45) is 0 Å². The van der Waals surface area contributed by atoms with E-state index in [4.69, 9.17) is 11.7 Å². The van der Waals surface area contributed by atoms with Crippen LogP contribution in [0.15, 0.2) is 30.3 Å². The molecule has 1 aromatic heterocycles. The maximum atomic E-state index is 12.1. The number of hydrogen-bond acceptors (Lipinski definition) is 4. The molecule has 0 aliphatic heterocycles. The van der Waals surface area contributed by atoms with Crippen molar-refractivity contribution in [1.29, 1.82) is 5.26 Å². The number of aromatic nitrogens is 3. The Morgan fingerprint density at radius 3 is 2.75 bits per heavy atom. The zero-order chi connectivity index (χ0) is 17.2. The second kappa shape index (κ2) is 9.12. The Balaban J connectivity index is 1.98. The summed E-state index contributed by atoms with van der Waals surface area (Å²) >= 11 is 0. The number of amides is 1. The fourth-order valence-electron chi connectivity index (χ4n) is 2.26. The summed E-state index contributed by atoms with van der Waals surface area (Å²) in [4.78, 5) is 12.1. The van der Waals surface area contributed by atoms with Crippen LogP contribution in [0.2, 0.25) is 0 Å². The zero-order valence-corrected chi connectivity index (χ0v) is 13.4. The van der Waals surface area contributed by atoms with Crippen molar-refractivity contribution in [2.75, 3.05) is 5.32 Å². The first-order valence-corrected chi connectivity index (χ1v) is 7.85. The molecule has 6 nitrogen and oxygen atoms in total. The molecule has 0 saturated carbocycles. The van der Waals surface area contributed by atoms with Gasteiger partial charge in [-0.2, -0.15) is 5.26 Å². The molecule has 0 unspecified atom stereocenters. The summed E-state index contributed by atoms with van der Waals surface area (Å²) in [7, 11) is 0. The van der Waals surface area contributed by atoms with Crippen LogP contribution in [0.1, 0.15) is 43.4 Å². The molecule has 0 radical (unpaired) electrons. The molecule has 2 aromatic rings. The van der Waals surface area contributed by atoms with Crippen molar-refractivity contribution in [3.63, 3.8) is 0 Å². The van der Waals surface area contributed by atoms with Crippen LogP contribution in [0.3, 0.4) is 0 Å². The lowest BCUT2D eigenvalue weighted by atomic mass is 10.1. The van der Waals surface area contributed by atoms with E-state index in [1.165, 1.54) is 4.68 Å². The van der Waals surface area contributed by atoms with Gasteiger partial charge in [-0.25, -0.2) is 4.68 Å². The number of nitrogens with zero attached hydrogens (tertiary/aromatic N) is 4. The molecule has 2 rings (SSSR count). The van der Waals surface area contributed by atoms with Gasteiger partial charge in [-0.1, -0.05) is 42.0 Å². The Morgan fingerprint density at radius 1 is 1.25 bits per heavy atom. The van der Waals surface area contributed by atoms with Crippen LogP contribution in [0, 0.1) is 23.7 Å². The highest BCUT2D eigenvalue weighted by molar-refractivity contribution is 5.90. The molecule has 0 aliphatic carbocycles. The van der Waals surface area contributed by atoms with Gasteiger partial charge in [-0.15, -0.1) is 17.4 Å². The number of nitriles is 1. The third kappa shape index (κ3) is 4.96. The van der Waals surface area contributed by atoms with Gasteiger partial charge in [-0.05, 0) is 18.4 Å². The van der Waals surface area contributed by atoms with Gasteiger partial charge in [0.25, 0.3) is 0 Å². The van der Waals surface area contributed by atoms with E-state index in [0.29, 0.717) is 18.8 Å². The van der Waals surface area contributed by atoms with Crippen molar-refractivity contribution < 1.29 is 4.79 Å². The lowest BCUT2D eigenvalue weighted by Gasteiger charge is -2.08. The summed E-state index contributed by atoms with van der Waals surface area (Å²) in [5.41, 5.74) is 1.13. The van der Waals surface area contributed by atoms with Crippen molar-refractivity contribution in [2.45, 2.75) is 38.6 Å². The predicted molar refractivity (Wildman–Crippen MR) is 90.8 cm³/mol. The Bertz CT molecular complexity index is 752. The average Bonchev–Trinajstić information content (AvgIpc) is 2.97. The van der Waals surface area contributed by atoms with E-state index < -0.39 is 0 Å². The number of terminal acetylenes is 1. The lowest BCUT2D eigenvalue weighted by molar-refractivity contribution is -0.116. The third-order valence-corrected chi connectivity index (χ3v) is 3.50. The smallest absolute Gasteiger partial charge is 0.225 e. The molecule has 6 heteroatoms. The highest BCUT2D eigenvalue weighted by atomic mass is 16.1. The first-order valence-electron chi connectivity index (χ1n) is 7.85. The number of hydrogen-bond donors (Lipinski definition) is 1. The summed E-state index contributed by atoms with van der Waals surface area (Å²) in [6, 6.07) is 11.6. The van der Waals surface area contributed by atoms with Gasteiger partial charge in [0.05, 0.1) is 6.54 Å². The highest BCUT2D eigenvalue weighted by Gasteiger charge is 2.15. The summed E-state index contributed by atoms with van der Waals surface area (Å²) in [6.07, 6.45) is 8.89. The van der Waals surface area contributed by atoms with E-state index in [2.05, 4.69) is 21.5 Å². The van der Waals surface area contributed by atoms with E-state index in [9.17, 15) is 4.79 Å². The molecule has 1 N–H and O–H groups in total. The maximum Gasteiger partial charge on any atom is 0.225 e. The lowest BCUT2D eigenvalue weighted by Crippen LogP contribution is -2.16. The molecule has 1 amide bonds. The predicted octanol–water partition coefficient (Wildman–Crippen LogP) is 2.72. The van der Waals surface area contributed by atoms with Crippen molar-refractivity contribution in [3.05, 3.63) is 41.6 Å². The Hall–Kier alpha value is -3.12. The molecular weight excluding hydrogens is 302 g/mol. The van der Waals surface area contributed by atoms with Crippen molar-refractivity contribution in [1.82, 2.24) is 15.0 Å². The minimum absolute atomic E-state index is 0.117. The third-order valence-electron chi connectivity index (χ3n) is 3.50. The SMILES string of the molecule is C#CCCCCCC(=O)Nc1c(C#N)nnn1Cc1ccccc1. The normalized spacial score (nSPS) is 9.92. The monoisotopic (exact) mass is 321 g/mol. The fraction of sp³-hybridized carbons (Fsp3) is 0.333. The van der Waals surface area contributed by atoms with E-state index >= 15 is 0 Å². The minimum atomic E-state index is -0.149. The standard InChI is InChI=1S/C18H19N5O/c1-2-3-4-5-9-12-17(24)20-18-16(13-19)21-22-23(18)14-15-10-7-6-8-11-15/h1,6-8,10-11H,3-5,9,12,14H2,(H,20,24). The number of rotatable bonds is 8. The molecule has 0 atom stereocenters. The van der Waals surface area contributed by atoms with Crippen molar-refractivity contribution in [3.8, 4) is 18.4 Å². The maximum absolute atomic E-state index is 12.1. The van der Waals surface area contributed by atoms with Gasteiger partial charge in [0, 0.05) is 12.8 Å². The second-order valence-electron chi connectivity index (χ2n) is 5.35. The highest BCUT2D eigenvalue weighted by Crippen LogP contribution is 2.15. The summed E-state index contributed by atoms with van der Waals surface area (Å²) < 4.78 is 1.53. The first kappa shape index (κ1) is 17.2. The molecular formula is C18H19N5O. The Morgan fingerprint density at radius 2 is 2.04 bits per heavy atom. The summed E-state index contributed by atoms with van der Waals surface area (Å²) in [5.74, 6) is 2.77. The number of unbranched alkanes of at least 4 members (excludes halogenated alkanes) is 3. The molecule has 1 heterocycles. The molecule has 0 bridgehead atoms. The molecule has 0 saturated heterocycles. The van der Waals surface area contributed by atoms with Gasteiger partial charge in [0.15, 0.2) is 5.82 Å². The Kier molecular flexibility index (Phi) is 6.55. The van der Waals surface area contributed by atoms with Crippen LogP contribution in [-0.2, 0) is 11.3 Å². The number of carbonyl (C=O) groups is 1. The number of anilines is 1. The van der Waals surface area contributed by atoms with Crippen LogP contribution in [0.4, 0.5) is 5.82 Å². The van der Waals surface area contributed by atoms with Crippen LogP contribution < -0.4 is 5.32 Å². The van der Waals surface area contributed by atoms with E-state index in [0.717, 1.165) is 31.2 Å². The van der Waals surface area contributed by atoms with E-state index in [1.54, 1.807) is 0 Å². The van der Waals surface area contributed by atoms with E-state index in [-0.39, 0.29) is 11.6 Å². The Labute approximate surface area is 141 Å². The van der Waals surface area contributed by atoms with Gasteiger partial charge in [-0.3, -0.25) is 4.79 Å². The fourth-order valence-corrected chi connectivity index (χ4v) is 2.26. The topological polar surface area (TPSA) is 83.6 Å². The number of benzene rings is 1. The largest absolute Gasteiger partial charge is 0.308 e. The van der Waals surface area contributed by atoms with E-state index in [1.807, 2.05) is 36.4 Å². The molecule has 1 aromatic carbocycles. The average molecular weight is 321 g/mol. The first-order chi connectivity index (χ1) is 11.7. The van der Waals surface area contributed by atoms with Crippen LogP contribution in [-0.4, -0.2) is 20.9 Å². The quantitative estimate of drug-likeness (QED) is 0.598. The van der Waals surface area contributed by atoms with Crippen molar-refractivity contribution >= 4 is 11.7 Å². The van der Waals surface area contributed by atoms with Crippen LogP contribution in [0.25, 0.3) is 0 Å². The van der Waals surface area contributed by atoms with Gasteiger partial charge >= 0.3 is 0 Å². The van der Waals surface area contributed by atoms with Gasteiger partial charge in [0.2, 0.25) is 11.6 Å². The molecule has 0 fully saturated rings. The second-order valence-corrected chi connectivity index (χ2v) is 5.35.